The quantitative estimate of drug-likeness (QED) is 0.506. The number of hydrogen-bond acceptors (Lipinski definition) is 9. The molecule has 1 saturated carbocycles. The van der Waals surface area contributed by atoms with E-state index in [9.17, 15) is 9.18 Å². The number of halogens is 1. The molecule has 3 atom stereocenters. The third-order valence-electron chi connectivity index (χ3n) is 6.68. The van der Waals surface area contributed by atoms with Gasteiger partial charge in [0.1, 0.15) is 12.5 Å². The van der Waals surface area contributed by atoms with Crippen molar-refractivity contribution in [2.45, 2.75) is 37.8 Å². The van der Waals surface area contributed by atoms with E-state index >= 15 is 0 Å². The van der Waals surface area contributed by atoms with Crippen LogP contribution in [-0.2, 0) is 16.1 Å². The highest BCUT2D eigenvalue weighted by molar-refractivity contribution is 5.92. The van der Waals surface area contributed by atoms with Crippen molar-refractivity contribution in [1.29, 1.82) is 0 Å². The van der Waals surface area contributed by atoms with Gasteiger partial charge >= 0.3 is 6.03 Å². The zero-order chi connectivity index (χ0) is 23.9. The normalized spacial score (nSPS) is 24.6. The summed E-state index contributed by atoms with van der Waals surface area (Å²) < 4.78 is 27.4. The number of alkyl halides is 1. The molecule has 1 aliphatic carbocycles. The average molecular weight is 483 g/mol. The Morgan fingerprint density at radius 3 is 2.86 bits per heavy atom. The topological polar surface area (TPSA) is 118 Å². The van der Waals surface area contributed by atoms with Crippen LogP contribution in [0.3, 0.4) is 0 Å². The molecule has 184 valence electrons. The minimum absolute atomic E-state index is 0.200. The number of nitrogens with zero attached hydrogens (tertiary/aromatic N) is 5. The first kappa shape index (κ1) is 22.0. The molecule has 2 aliphatic heterocycles. The lowest BCUT2D eigenvalue weighted by molar-refractivity contribution is 0.0273. The van der Waals surface area contributed by atoms with Gasteiger partial charge in [-0.15, -0.1) is 0 Å². The van der Waals surface area contributed by atoms with Crippen molar-refractivity contribution in [2.75, 3.05) is 48.9 Å². The Labute approximate surface area is 201 Å². The molecule has 11 nitrogen and oxygen atoms in total. The second-order valence-corrected chi connectivity index (χ2v) is 9.02. The van der Waals surface area contributed by atoms with Crippen LogP contribution in [0.15, 0.2) is 24.5 Å². The lowest BCUT2D eigenvalue weighted by atomic mass is 10.1. The first-order valence-corrected chi connectivity index (χ1v) is 11.8. The molecule has 0 unspecified atom stereocenters. The Morgan fingerprint density at radius 1 is 1.17 bits per heavy atom. The third-order valence-corrected chi connectivity index (χ3v) is 6.68. The fourth-order valence-corrected chi connectivity index (χ4v) is 4.95. The van der Waals surface area contributed by atoms with Gasteiger partial charge < -0.3 is 30.3 Å². The molecule has 1 amide bonds. The fourth-order valence-electron chi connectivity index (χ4n) is 4.95. The molecule has 3 aliphatic rings. The van der Waals surface area contributed by atoms with Crippen LogP contribution in [0.4, 0.5) is 32.3 Å². The lowest BCUT2D eigenvalue weighted by Crippen LogP contribution is -2.43. The minimum Gasteiger partial charge on any atom is -0.378 e. The van der Waals surface area contributed by atoms with Crippen LogP contribution in [0.1, 0.15) is 18.4 Å². The third kappa shape index (κ3) is 4.23. The van der Waals surface area contributed by atoms with Gasteiger partial charge in [-0.25, -0.2) is 18.7 Å². The maximum atomic E-state index is 14.4. The first-order chi connectivity index (χ1) is 17.1. The molecular formula is C23H27FN8O3. The number of carbonyl (C=O) groups excluding carboxylic acids is 1. The molecule has 4 heterocycles. The summed E-state index contributed by atoms with van der Waals surface area (Å²) in [5.74, 6) is 0.814. The number of aromatic nitrogens is 4. The number of anilines is 4. The summed E-state index contributed by atoms with van der Waals surface area (Å²) in [7, 11) is 1.74. The SMILES string of the molecule is CNc1nc2nc3c1ncn3C(=O)N[C@H]1C[C@H](F)C[C@@H]1OCc1cc(cc(N3CCOCC3)c1)N2. The van der Waals surface area contributed by atoms with E-state index in [2.05, 4.69) is 41.9 Å². The molecular weight excluding hydrogens is 455 g/mol. The summed E-state index contributed by atoms with van der Waals surface area (Å²) in [6.07, 6.45) is 0.363. The van der Waals surface area contributed by atoms with E-state index in [0.717, 1.165) is 30.0 Å². The number of nitrogens with one attached hydrogen (secondary N) is 3. The Balaban J connectivity index is 1.46. The van der Waals surface area contributed by atoms with Gasteiger partial charge in [0.15, 0.2) is 17.0 Å². The monoisotopic (exact) mass is 482 g/mol. The smallest absolute Gasteiger partial charge is 0.328 e. The Hall–Kier alpha value is -3.51. The largest absolute Gasteiger partial charge is 0.378 e. The van der Waals surface area contributed by atoms with E-state index in [-0.39, 0.29) is 19.4 Å². The minimum atomic E-state index is -1.04. The molecule has 0 spiro atoms. The first-order valence-electron chi connectivity index (χ1n) is 11.8. The zero-order valence-electron chi connectivity index (χ0n) is 19.3. The van der Waals surface area contributed by atoms with Gasteiger partial charge in [0, 0.05) is 44.4 Å². The van der Waals surface area contributed by atoms with Gasteiger partial charge in [0.05, 0.1) is 32.0 Å². The molecule has 3 N–H and O–H groups in total. The van der Waals surface area contributed by atoms with Crippen LogP contribution in [0.5, 0.6) is 0 Å². The highest BCUT2D eigenvalue weighted by Gasteiger charge is 2.37. The number of hydrogen-bond donors (Lipinski definition) is 3. The number of ether oxygens (including phenoxy) is 2. The Kier molecular flexibility index (Phi) is 5.61. The predicted molar refractivity (Wildman–Crippen MR) is 128 cm³/mol. The van der Waals surface area contributed by atoms with Crippen molar-refractivity contribution in [3.63, 3.8) is 0 Å². The van der Waals surface area contributed by atoms with Crippen molar-refractivity contribution >= 4 is 40.3 Å². The zero-order valence-corrected chi connectivity index (χ0v) is 19.3. The van der Waals surface area contributed by atoms with Crippen molar-refractivity contribution in [3.8, 4) is 0 Å². The maximum Gasteiger partial charge on any atom is 0.328 e. The molecule has 4 bridgehead atoms. The summed E-state index contributed by atoms with van der Waals surface area (Å²) in [5.41, 5.74) is 3.56. The standard InChI is InChI=1S/C23H27FN8O3/c1-25-20-19-21-30-22(29-20)27-15-6-13(7-16(10-15)31-2-4-34-5-3-31)11-35-18-9-14(24)8-17(18)28-23(33)32(21)12-26-19/h6-7,10,12,14,17-18H,2-5,8-9,11H2,1H3,(H,28,33)(H2,25,27,29,30)/t14-,17-,18-/m0/s1. The predicted octanol–water partition coefficient (Wildman–Crippen LogP) is 2.41. The number of imidazole rings is 1. The fraction of sp³-hybridized carbons (Fsp3) is 0.478. The van der Waals surface area contributed by atoms with E-state index in [1.165, 1.54) is 10.9 Å². The van der Waals surface area contributed by atoms with Gasteiger partial charge in [-0.1, -0.05) is 0 Å². The molecule has 1 saturated heterocycles. The summed E-state index contributed by atoms with van der Waals surface area (Å²) >= 11 is 0. The van der Waals surface area contributed by atoms with Gasteiger partial charge in [-0.3, -0.25) is 0 Å². The number of fused-ring (bicyclic) bond motifs is 4. The second-order valence-electron chi connectivity index (χ2n) is 9.02. The van der Waals surface area contributed by atoms with Gasteiger partial charge in [0.2, 0.25) is 5.95 Å². The van der Waals surface area contributed by atoms with Crippen LogP contribution in [0.2, 0.25) is 0 Å². The van der Waals surface area contributed by atoms with Crippen LogP contribution in [0, 0.1) is 0 Å². The summed E-state index contributed by atoms with van der Waals surface area (Å²) in [6.45, 7) is 3.19. The molecule has 0 radical (unpaired) electrons. The van der Waals surface area contributed by atoms with Gasteiger partial charge in [0.25, 0.3) is 0 Å². The van der Waals surface area contributed by atoms with Crippen LogP contribution >= 0.6 is 0 Å². The van der Waals surface area contributed by atoms with Crippen molar-refractivity contribution in [2.24, 2.45) is 0 Å². The van der Waals surface area contributed by atoms with E-state index in [1.54, 1.807) is 7.05 Å². The molecule has 6 rings (SSSR count). The van der Waals surface area contributed by atoms with E-state index in [4.69, 9.17) is 9.47 Å². The highest BCUT2D eigenvalue weighted by Crippen LogP contribution is 2.31. The van der Waals surface area contributed by atoms with Gasteiger partial charge in [-0.05, 0) is 23.8 Å². The van der Waals surface area contributed by atoms with E-state index < -0.39 is 24.3 Å². The molecule has 35 heavy (non-hydrogen) atoms. The van der Waals surface area contributed by atoms with E-state index in [1.807, 2.05) is 12.1 Å². The lowest BCUT2D eigenvalue weighted by Gasteiger charge is -2.30. The summed E-state index contributed by atoms with van der Waals surface area (Å²) in [6, 6.07) is 5.21. The maximum absolute atomic E-state index is 14.4. The highest BCUT2D eigenvalue weighted by atomic mass is 19.1. The molecule has 3 aromatic rings. The van der Waals surface area contributed by atoms with Crippen LogP contribution < -0.4 is 20.9 Å². The number of morpholine rings is 1. The van der Waals surface area contributed by atoms with Crippen LogP contribution in [0.25, 0.3) is 11.2 Å². The summed E-state index contributed by atoms with van der Waals surface area (Å²) in [5, 5.41) is 9.24. The van der Waals surface area contributed by atoms with Crippen LogP contribution in [-0.4, -0.2) is 77.2 Å². The van der Waals surface area contributed by atoms with Crippen molar-refractivity contribution in [3.05, 3.63) is 30.1 Å². The Bertz CT molecular complexity index is 1260. The molecule has 2 fully saturated rings. The number of amides is 1. The van der Waals surface area contributed by atoms with E-state index in [0.29, 0.717) is 36.1 Å². The average Bonchev–Trinajstić information content (AvgIpc) is 3.45. The van der Waals surface area contributed by atoms with Crippen molar-refractivity contribution < 1.29 is 18.7 Å². The van der Waals surface area contributed by atoms with Gasteiger partial charge in [-0.2, -0.15) is 9.97 Å². The molecule has 12 heteroatoms. The summed E-state index contributed by atoms with van der Waals surface area (Å²) in [4.78, 5) is 28.9. The number of rotatable bonds is 2. The van der Waals surface area contributed by atoms with Crippen molar-refractivity contribution in [1.82, 2.24) is 24.8 Å². The number of benzene rings is 1. The Morgan fingerprint density at radius 2 is 2.03 bits per heavy atom. The second kappa shape index (κ2) is 8.93. The number of carbonyl (C=O) groups is 1. The molecule has 1 aromatic carbocycles. The molecule has 2 aromatic heterocycles.